The third kappa shape index (κ3) is 17.4. The highest BCUT2D eigenvalue weighted by molar-refractivity contribution is 9.09. The number of hydrogen-bond donors (Lipinski definition) is 1. The van der Waals surface area contributed by atoms with Gasteiger partial charge in [0.05, 0.1) is 38.6 Å². The molecule has 2 unspecified atom stereocenters. The second-order valence-electron chi connectivity index (χ2n) is 21.5. The fourth-order valence-electron chi connectivity index (χ4n) is 11.7. The molecule has 2 aromatic carbocycles. The monoisotopic (exact) mass is 1130 g/mol. The number of halogens is 3. The molecule has 1 N–H and O–H groups in total. The Morgan fingerprint density at radius 3 is 1.73 bits per heavy atom. The zero-order valence-corrected chi connectivity index (χ0v) is 47.3. The molecule has 12 nitrogen and oxygen atoms in total. The third-order valence-corrected chi connectivity index (χ3v) is 16.8. The summed E-state index contributed by atoms with van der Waals surface area (Å²) < 4.78 is 61.5. The number of aryl methyl sites for hydroxylation is 6. The summed E-state index contributed by atoms with van der Waals surface area (Å²) in [4.78, 5) is 35.8. The van der Waals surface area contributed by atoms with E-state index in [1.165, 1.54) is 130 Å². The fraction of sp³-hybridized carbons (Fsp3) is 0.613. The molecule has 0 saturated carbocycles. The minimum atomic E-state index is -0.672. The summed E-state index contributed by atoms with van der Waals surface area (Å²) in [5.74, 6) is -1.54. The number of unbranched alkanes of at least 4 members (excludes halogenated alkanes) is 2. The minimum Gasteiger partial charge on any atom is -0.468 e. The average Bonchev–Trinajstić information content (AvgIpc) is 4.18. The summed E-state index contributed by atoms with van der Waals surface area (Å²) in [6.45, 7) is 6.44. The van der Waals surface area contributed by atoms with Crippen LogP contribution in [-0.4, -0.2) is 106 Å². The first-order valence-corrected chi connectivity index (χ1v) is 29.8. The van der Waals surface area contributed by atoms with Gasteiger partial charge in [-0.2, -0.15) is 0 Å². The molecule has 77 heavy (non-hydrogen) atoms. The molecular weight excluding hydrogens is 1050 g/mol. The Labute approximate surface area is 464 Å². The minimum absolute atomic E-state index is 0.0481. The number of nitrogens with zero attached hydrogens (tertiary/aromatic N) is 3. The van der Waals surface area contributed by atoms with E-state index in [1.807, 2.05) is 0 Å². The predicted octanol–water partition coefficient (Wildman–Crippen LogP) is 12.0. The van der Waals surface area contributed by atoms with E-state index in [2.05, 4.69) is 50.4 Å². The molecule has 0 spiro atoms. The summed E-state index contributed by atoms with van der Waals surface area (Å²) >= 11 is 3.27. The number of hydrogen-bond acceptors (Lipinski definition) is 12. The maximum Gasteiger partial charge on any atom is 0.327 e. The maximum absolute atomic E-state index is 14.4. The number of aromatic nitrogens is 2. The number of nitrogens with one attached hydrogen (secondary N) is 1. The van der Waals surface area contributed by atoms with Crippen LogP contribution in [0.3, 0.4) is 0 Å². The second kappa shape index (κ2) is 31.0. The number of ether oxygens (including phenoxy) is 6. The van der Waals surface area contributed by atoms with E-state index in [4.69, 9.17) is 38.4 Å². The van der Waals surface area contributed by atoms with E-state index in [0.717, 1.165) is 114 Å². The molecule has 4 fully saturated rings. The molecule has 2 aliphatic carbocycles. The van der Waals surface area contributed by atoms with Gasteiger partial charge in [-0.25, -0.2) is 13.6 Å². The number of carbonyl (C=O) groups is 2. The Kier molecular flexibility index (Phi) is 23.7. The van der Waals surface area contributed by atoms with Gasteiger partial charge >= 0.3 is 11.9 Å². The van der Waals surface area contributed by atoms with Crippen LogP contribution in [0.25, 0.3) is 0 Å². The van der Waals surface area contributed by atoms with E-state index < -0.39 is 16.8 Å². The van der Waals surface area contributed by atoms with Crippen molar-refractivity contribution >= 4 is 27.9 Å². The Balaban J connectivity index is 0.000000169. The van der Waals surface area contributed by atoms with Gasteiger partial charge in [-0.05, 0) is 218 Å². The molecule has 0 amide bonds. The maximum atomic E-state index is 14.4. The van der Waals surface area contributed by atoms with E-state index >= 15 is 0 Å². The zero-order valence-electron chi connectivity index (χ0n) is 45.7. The normalized spacial score (nSPS) is 22.0. The lowest BCUT2D eigenvalue weighted by molar-refractivity contribution is -0.147. The Bertz CT molecular complexity index is 2480. The van der Waals surface area contributed by atoms with Crippen molar-refractivity contribution in [3.63, 3.8) is 0 Å². The van der Waals surface area contributed by atoms with Crippen molar-refractivity contribution in [2.24, 2.45) is 0 Å². The number of benzene rings is 2. The first-order valence-electron chi connectivity index (χ1n) is 28.9. The van der Waals surface area contributed by atoms with Gasteiger partial charge in [0.25, 0.3) is 0 Å². The number of fused-ring (bicyclic) bond motifs is 2. The van der Waals surface area contributed by atoms with Gasteiger partial charge in [-0.3, -0.25) is 19.7 Å². The molecule has 6 atom stereocenters. The van der Waals surface area contributed by atoms with E-state index in [-0.39, 0.29) is 35.9 Å². The number of esters is 2. The lowest BCUT2D eigenvalue weighted by Gasteiger charge is -2.31. The van der Waals surface area contributed by atoms with Crippen molar-refractivity contribution < 1.29 is 46.8 Å². The molecule has 4 aliphatic heterocycles. The molecule has 6 aliphatic rings. The number of methoxy groups -OCH3 is 2. The number of carbonyl (C=O) groups excluding carboxylic acids is 2. The Morgan fingerprint density at radius 2 is 1.19 bits per heavy atom. The van der Waals surface area contributed by atoms with Crippen LogP contribution in [0.15, 0.2) is 60.7 Å². The molecule has 15 heteroatoms. The van der Waals surface area contributed by atoms with Crippen molar-refractivity contribution in [3.05, 3.63) is 128 Å². The number of rotatable bonds is 19. The number of likely N-dealkylation sites (tertiary alicyclic amines) is 1. The van der Waals surface area contributed by atoms with Crippen molar-refractivity contribution in [1.82, 2.24) is 20.2 Å². The van der Waals surface area contributed by atoms with Crippen molar-refractivity contribution in [3.8, 4) is 0 Å². The van der Waals surface area contributed by atoms with Gasteiger partial charge in [-0.1, -0.05) is 40.2 Å². The molecule has 0 radical (unpaired) electrons. The molecular formula is C62H83BrF2N4O8. The van der Waals surface area contributed by atoms with Crippen LogP contribution in [0, 0.1) is 11.6 Å². The van der Waals surface area contributed by atoms with Crippen molar-refractivity contribution in [1.29, 1.82) is 0 Å². The average molecular weight is 1130 g/mol. The zero-order chi connectivity index (χ0) is 53.8. The summed E-state index contributed by atoms with van der Waals surface area (Å²) in [7, 11) is 2.71. The molecule has 0 bridgehead atoms. The van der Waals surface area contributed by atoms with Crippen LogP contribution in [0.5, 0.6) is 0 Å². The SMILES string of the molecule is COC(=O)C(Br)c1cc(F)ccc1[C@@H]1CCCCO1.COC(=O)C(c1cc(F)ccc1[C@@H]1CCCCO1)N1CC[C@@H](OCCCCc2ccc3c(n2)CCCC3)C1.c1cc2c(nc1CCCCO[C@@H]1CCNC1)CCCC2. The number of alkyl halides is 1. The topological polar surface area (TPSA) is 131 Å². The van der Waals surface area contributed by atoms with Gasteiger partial charge in [0.1, 0.15) is 22.5 Å². The quantitative estimate of drug-likeness (QED) is 0.0545. The van der Waals surface area contributed by atoms with E-state index in [1.54, 1.807) is 12.1 Å². The standard InChI is InChI=1S/C31H41FN2O4.C17H26N2O.C14H16BrFO3/c1-36-31(35)30(27-20-23(32)13-15-26(27)29-11-5-7-19-38-29)34-17-16-25(21-34)37-18-6-4-9-24-14-12-22-8-2-3-10-28(22)33-24;1-2-7-17-14(5-1)8-9-15(19-17)6-3-4-12-20-16-10-11-18-13-16;1-18-14(17)13(15)11-8-9(16)5-6-10(11)12-4-2-3-7-19-12/h12-15,20,25,29-30H,2-11,16-19,21H2,1H3;8-9,16,18H,1-7,10-13H2;5-6,8,12-13H,2-4,7H2,1H3/t25-,29+,30?;16-;12-,13?/m110/s1. The highest BCUT2D eigenvalue weighted by atomic mass is 79.9. The lowest BCUT2D eigenvalue weighted by Crippen LogP contribution is -2.35. The summed E-state index contributed by atoms with van der Waals surface area (Å²) in [6.07, 6.45) is 24.6. The second-order valence-corrected chi connectivity index (χ2v) is 22.4. The summed E-state index contributed by atoms with van der Waals surface area (Å²) in [5, 5.41) is 3.33. The lowest BCUT2D eigenvalue weighted by atomic mass is 9.92. The molecule has 4 aromatic rings. The van der Waals surface area contributed by atoms with E-state index in [9.17, 15) is 18.4 Å². The van der Waals surface area contributed by atoms with E-state index in [0.29, 0.717) is 50.1 Å². The summed E-state index contributed by atoms with van der Waals surface area (Å²) in [5.41, 5.74) is 11.0. The van der Waals surface area contributed by atoms with Crippen molar-refractivity contribution in [2.45, 2.75) is 177 Å². The molecule has 4 saturated heterocycles. The van der Waals surface area contributed by atoms with Gasteiger partial charge in [0.15, 0.2) is 0 Å². The molecule has 2 aromatic heterocycles. The predicted molar refractivity (Wildman–Crippen MR) is 297 cm³/mol. The fourth-order valence-corrected chi connectivity index (χ4v) is 12.2. The van der Waals surface area contributed by atoms with Crippen molar-refractivity contribution in [2.75, 3.05) is 66.8 Å². The highest BCUT2D eigenvalue weighted by Gasteiger charge is 2.38. The van der Waals surface area contributed by atoms with Crippen LogP contribution < -0.4 is 5.32 Å². The van der Waals surface area contributed by atoms with Crippen LogP contribution in [-0.2, 0) is 76.5 Å². The molecule has 10 rings (SSSR count). The van der Waals surface area contributed by atoms with Crippen LogP contribution in [0.1, 0.15) is 182 Å². The molecule has 6 heterocycles. The highest BCUT2D eigenvalue weighted by Crippen LogP contribution is 2.39. The molecule has 420 valence electrons. The van der Waals surface area contributed by atoms with Crippen LogP contribution in [0.2, 0.25) is 0 Å². The smallest absolute Gasteiger partial charge is 0.327 e. The Morgan fingerprint density at radius 1 is 0.649 bits per heavy atom. The Hall–Kier alpha value is -4.22. The van der Waals surface area contributed by atoms with Gasteiger partial charge in [0.2, 0.25) is 0 Å². The first kappa shape index (κ1) is 58.9. The van der Waals surface area contributed by atoms with Crippen LogP contribution >= 0.6 is 15.9 Å². The number of pyridine rings is 2. The van der Waals surface area contributed by atoms with Gasteiger partial charge < -0.3 is 33.7 Å². The van der Waals surface area contributed by atoms with Crippen LogP contribution in [0.4, 0.5) is 8.78 Å². The first-order chi connectivity index (χ1) is 37.7. The summed E-state index contributed by atoms with van der Waals surface area (Å²) in [6, 6.07) is 17.5. The largest absolute Gasteiger partial charge is 0.468 e. The van der Waals surface area contributed by atoms with Gasteiger partial charge in [-0.15, -0.1) is 0 Å². The van der Waals surface area contributed by atoms with Gasteiger partial charge in [0, 0.05) is 68.8 Å². The third-order valence-electron chi connectivity index (χ3n) is 15.9.